The largest absolute Gasteiger partial charge is 0.399 e. The molecule has 6 aromatic rings. The van der Waals surface area contributed by atoms with Gasteiger partial charge in [-0.25, -0.2) is 0 Å². The fraction of sp³-hybridized carbons (Fsp3) is 0.0526. The van der Waals surface area contributed by atoms with Gasteiger partial charge in [0.15, 0.2) is 0 Å². The van der Waals surface area contributed by atoms with Gasteiger partial charge in [-0.15, -0.1) is 0 Å². The molecule has 0 aliphatic heterocycles. The summed E-state index contributed by atoms with van der Waals surface area (Å²) in [5, 5.41) is 0. The highest BCUT2D eigenvalue weighted by Crippen LogP contribution is 2.46. The minimum atomic E-state index is -0.670. The monoisotopic (exact) mass is 546 g/mol. The predicted octanol–water partition coefficient (Wildman–Crippen LogP) is 8.37. The number of benzene rings is 6. The minimum Gasteiger partial charge on any atom is -0.399 e. The summed E-state index contributed by atoms with van der Waals surface area (Å²) in [6, 6.07) is 47.3. The van der Waals surface area contributed by atoms with Gasteiger partial charge in [-0.2, -0.15) is 0 Å². The van der Waals surface area contributed by atoms with Crippen molar-refractivity contribution in [2.45, 2.75) is 12.3 Å². The zero-order chi connectivity index (χ0) is 29.3. The Morgan fingerprint density at radius 2 is 0.738 bits per heavy atom. The van der Waals surface area contributed by atoms with Crippen molar-refractivity contribution >= 4 is 22.7 Å². The molecule has 0 aliphatic carbocycles. The molecule has 0 saturated heterocycles. The molecule has 0 saturated carbocycles. The van der Waals surface area contributed by atoms with Gasteiger partial charge >= 0.3 is 0 Å². The van der Waals surface area contributed by atoms with Crippen LogP contribution < -0.4 is 22.9 Å². The van der Waals surface area contributed by atoms with Gasteiger partial charge < -0.3 is 22.9 Å². The highest BCUT2D eigenvalue weighted by molar-refractivity contribution is 5.77. The first-order valence-electron chi connectivity index (χ1n) is 14.0. The normalized spacial score (nSPS) is 11.4. The number of nitrogen functional groups attached to an aromatic ring is 4. The number of anilines is 4. The van der Waals surface area contributed by atoms with E-state index in [9.17, 15) is 0 Å². The van der Waals surface area contributed by atoms with Crippen molar-refractivity contribution in [1.82, 2.24) is 0 Å². The molecule has 0 fully saturated rings. The van der Waals surface area contributed by atoms with Gasteiger partial charge in [0, 0.05) is 28.2 Å². The van der Waals surface area contributed by atoms with E-state index in [1.54, 1.807) is 0 Å². The summed E-state index contributed by atoms with van der Waals surface area (Å²) in [4.78, 5) is 0. The van der Waals surface area contributed by atoms with E-state index in [0.29, 0.717) is 11.4 Å². The molecule has 0 heterocycles. The molecule has 0 spiro atoms. The third-order valence-electron chi connectivity index (χ3n) is 8.24. The Bertz CT molecular complexity index is 1750. The molecular formula is C38H34N4. The summed E-state index contributed by atoms with van der Waals surface area (Å²) in [7, 11) is 0. The summed E-state index contributed by atoms with van der Waals surface area (Å²) in [5.41, 5.74) is 37.4. The van der Waals surface area contributed by atoms with Gasteiger partial charge in [0.2, 0.25) is 0 Å². The van der Waals surface area contributed by atoms with E-state index in [1.165, 1.54) is 5.56 Å². The Labute approximate surface area is 247 Å². The average molecular weight is 547 g/mol. The van der Waals surface area contributed by atoms with Gasteiger partial charge in [0.05, 0.1) is 0 Å². The van der Waals surface area contributed by atoms with Crippen LogP contribution in [0.5, 0.6) is 0 Å². The molecule has 42 heavy (non-hydrogen) atoms. The second-order valence-corrected chi connectivity index (χ2v) is 10.9. The fourth-order valence-corrected chi connectivity index (χ4v) is 5.77. The SMILES string of the molecule is CC(c1ccc(-c2ccccc2)cc1)(c1cc(-c2ccc(N)cc2)ccc1N)c1cc(-c2ccc(N)cc2)ccc1N. The van der Waals surface area contributed by atoms with Crippen molar-refractivity contribution in [2.24, 2.45) is 0 Å². The topological polar surface area (TPSA) is 104 Å². The molecule has 0 unspecified atom stereocenters. The van der Waals surface area contributed by atoms with Gasteiger partial charge in [-0.3, -0.25) is 0 Å². The van der Waals surface area contributed by atoms with E-state index in [0.717, 1.165) is 55.9 Å². The lowest BCUT2D eigenvalue weighted by atomic mass is 9.68. The van der Waals surface area contributed by atoms with Crippen molar-refractivity contribution in [2.75, 3.05) is 22.9 Å². The molecule has 0 aromatic heterocycles. The molecule has 0 bridgehead atoms. The summed E-state index contributed by atoms with van der Waals surface area (Å²) < 4.78 is 0. The Kier molecular flexibility index (Phi) is 6.89. The second kappa shape index (κ2) is 10.8. The number of rotatable bonds is 6. The second-order valence-electron chi connectivity index (χ2n) is 10.9. The van der Waals surface area contributed by atoms with Crippen LogP contribution in [0.15, 0.2) is 140 Å². The molecule has 0 aliphatic rings. The van der Waals surface area contributed by atoms with Crippen LogP contribution in [0, 0.1) is 0 Å². The molecule has 6 aromatic carbocycles. The van der Waals surface area contributed by atoms with Crippen molar-refractivity contribution in [1.29, 1.82) is 0 Å². The van der Waals surface area contributed by atoms with E-state index in [-0.39, 0.29) is 0 Å². The number of hydrogen-bond donors (Lipinski definition) is 4. The summed E-state index contributed by atoms with van der Waals surface area (Å²) >= 11 is 0. The minimum absolute atomic E-state index is 0.670. The Hall–Kier alpha value is -5.48. The maximum absolute atomic E-state index is 6.81. The van der Waals surface area contributed by atoms with Crippen LogP contribution in [0.4, 0.5) is 22.7 Å². The maximum Gasteiger partial charge on any atom is 0.0464 e. The lowest BCUT2D eigenvalue weighted by Gasteiger charge is -2.35. The highest BCUT2D eigenvalue weighted by Gasteiger charge is 2.35. The van der Waals surface area contributed by atoms with E-state index < -0.39 is 5.41 Å². The first-order chi connectivity index (χ1) is 20.3. The maximum atomic E-state index is 6.81. The molecule has 0 amide bonds. The van der Waals surface area contributed by atoms with Crippen LogP contribution in [-0.4, -0.2) is 0 Å². The molecule has 4 nitrogen and oxygen atoms in total. The van der Waals surface area contributed by atoms with Crippen LogP contribution in [0.2, 0.25) is 0 Å². The Morgan fingerprint density at radius 1 is 0.381 bits per heavy atom. The quantitative estimate of drug-likeness (QED) is 0.124. The highest BCUT2D eigenvalue weighted by atomic mass is 14.6. The standard InChI is InChI=1S/C38H34N4/c1-38(31-15-7-26(8-16-31)25-5-3-2-4-6-25,34-23-29(13-21-36(34)41)27-9-17-32(39)18-10-27)35-24-30(14-22-37(35)42)28-11-19-33(40)20-12-28/h2-24H,39-42H2,1H3. The zero-order valence-electron chi connectivity index (χ0n) is 23.6. The first-order valence-corrected chi connectivity index (χ1v) is 14.0. The molecule has 0 radical (unpaired) electrons. The summed E-state index contributed by atoms with van der Waals surface area (Å²) in [6.07, 6.45) is 0. The van der Waals surface area contributed by atoms with Crippen molar-refractivity contribution < 1.29 is 0 Å². The lowest BCUT2D eigenvalue weighted by Crippen LogP contribution is -2.28. The van der Waals surface area contributed by atoms with E-state index >= 15 is 0 Å². The summed E-state index contributed by atoms with van der Waals surface area (Å²) in [5.74, 6) is 0. The molecular weight excluding hydrogens is 512 g/mol. The third-order valence-corrected chi connectivity index (χ3v) is 8.24. The predicted molar refractivity (Wildman–Crippen MR) is 179 cm³/mol. The van der Waals surface area contributed by atoms with Crippen molar-refractivity contribution in [3.8, 4) is 33.4 Å². The average Bonchev–Trinajstić information content (AvgIpc) is 3.02. The molecule has 0 atom stereocenters. The number of hydrogen-bond acceptors (Lipinski definition) is 4. The summed E-state index contributed by atoms with van der Waals surface area (Å²) in [6.45, 7) is 2.21. The Morgan fingerprint density at radius 3 is 1.19 bits per heavy atom. The van der Waals surface area contributed by atoms with Gasteiger partial charge in [0.25, 0.3) is 0 Å². The van der Waals surface area contributed by atoms with E-state index in [4.69, 9.17) is 22.9 Å². The smallest absolute Gasteiger partial charge is 0.0464 e. The van der Waals surface area contributed by atoms with Gasteiger partial charge in [-0.1, -0.05) is 91.0 Å². The van der Waals surface area contributed by atoms with Crippen LogP contribution >= 0.6 is 0 Å². The first kappa shape index (κ1) is 26.7. The zero-order valence-corrected chi connectivity index (χ0v) is 23.6. The fourth-order valence-electron chi connectivity index (χ4n) is 5.77. The van der Waals surface area contributed by atoms with E-state index in [1.807, 2.05) is 66.7 Å². The van der Waals surface area contributed by atoms with Gasteiger partial charge in [-0.05, 0) is 106 Å². The molecule has 206 valence electrons. The van der Waals surface area contributed by atoms with Gasteiger partial charge in [0.1, 0.15) is 0 Å². The van der Waals surface area contributed by atoms with Crippen molar-refractivity contribution in [3.63, 3.8) is 0 Å². The molecule has 4 heteroatoms. The van der Waals surface area contributed by atoms with Crippen LogP contribution in [0.25, 0.3) is 33.4 Å². The molecule has 6 rings (SSSR count). The van der Waals surface area contributed by atoms with Crippen LogP contribution in [0.3, 0.4) is 0 Å². The third kappa shape index (κ3) is 4.95. The van der Waals surface area contributed by atoms with Crippen LogP contribution in [0.1, 0.15) is 23.6 Å². The van der Waals surface area contributed by atoms with Crippen molar-refractivity contribution in [3.05, 3.63) is 156 Å². The van der Waals surface area contributed by atoms with E-state index in [2.05, 4.69) is 79.7 Å². The number of nitrogens with two attached hydrogens (primary N) is 4. The van der Waals surface area contributed by atoms with Crippen LogP contribution in [-0.2, 0) is 5.41 Å². The molecule has 8 N–H and O–H groups in total. The lowest BCUT2D eigenvalue weighted by molar-refractivity contribution is 0.698. The Balaban J connectivity index is 1.57.